The molecule has 82 valence electrons. The van der Waals surface area contributed by atoms with Crippen LogP contribution in [0.25, 0.3) is 0 Å². The van der Waals surface area contributed by atoms with Crippen LogP contribution in [0.2, 0.25) is 0 Å². The number of nitrogens with zero attached hydrogens (tertiary/aromatic N) is 2. The van der Waals surface area contributed by atoms with E-state index in [1.54, 1.807) is 6.07 Å². The average Bonchev–Trinajstić information content (AvgIpc) is 2.15. The van der Waals surface area contributed by atoms with Crippen molar-refractivity contribution in [1.29, 1.82) is 0 Å². The maximum absolute atomic E-state index is 13.0. The van der Waals surface area contributed by atoms with E-state index in [4.69, 9.17) is 5.73 Å². The van der Waals surface area contributed by atoms with Crippen molar-refractivity contribution in [1.82, 2.24) is 9.97 Å². The van der Waals surface area contributed by atoms with Crippen LogP contribution in [0.4, 0.5) is 10.3 Å². The lowest BCUT2D eigenvalue weighted by molar-refractivity contribution is 0.624. The third-order valence-corrected chi connectivity index (χ3v) is 2.77. The van der Waals surface area contributed by atoms with Gasteiger partial charge < -0.3 is 5.73 Å². The van der Waals surface area contributed by atoms with Crippen LogP contribution in [0.1, 0.15) is 5.69 Å². The molecule has 3 nitrogen and oxygen atoms in total. The van der Waals surface area contributed by atoms with Gasteiger partial charge in [-0.2, -0.15) is 0 Å². The molecule has 0 aliphatic rings. The summed E-state index contributed by atoms with van der Waals surface area (Å²) in [6, 6.07) is 8.16. The Morgan fingerprint density at radius 2 is 2.06 bits per heavy atom. The second-order valence-electron chi connectivity index (χ2n) is 3.27. The zero-order valence-electron chi connectivity index (χ0n) is 8.64. The minimum Gasteiger partial charge on any atom is -0.368 e. The van der Waals surface area contributed by atoms with E-state index in [0.29, 0.717) is 0 Å². The molecule has 2 N–H and O–H groups in total. The monoisotopic (exact) mass is 235 g/mol. The highest BCUT2D eigenvalue weighted by molar-refractivity contribution is 7.99. The van der Waals surface area contributed by atoms with E-state index < -0.39 is 0 Å². The Balaban J connectivity index is 2.27. The zero-order valence-corrected chi connectivity index (χ0v) is 9.46. The van der Waals surface area contributed by atoms with Crippen molar-refractivity contribution in [3.8, 4) is 0 Å². The van der Waals surface area contributed by atoms with Gasteiger partial charge in [0.1, 0.15) is 10.8 Å². The van der Waals surface area contributed by atoms with Gasteiger partial charge in [0.05, 0.1) is 0 Å². The van der Waals surface area contributed by atoms with Gasteiger partial charge in [-0.05, 0) is 31.2 Å². The van der Waals surface area contributed by atoms with Gasteiger partial charge in [0.2, 0.25) is 5.95 Å². The number of nitrogen functional groups attached to an aromatic ring is 1. The van der Waals surface area contributed by atoms with E-state index in [-0.39, 0.29) is 11.8 Å². The number of benzene rings is 1. The largest absolute Gasteiger partial charge is 0.368 e. The first-order valence-electron chi connectivity index (χ1n) is 4.68. The fraction of sp³-hybridized carbons (Fsp3) is 0.0909. The lowest BCUT2D eigenvalue weighted by atomic mass is 10.4. The molecule has 0 saturated carbocycles. The fourth-order valence-electron chi connectivity index (χ4n) is 1.27. The Labute approximate surface area is 96.9 Å². The predicted molar refractivity (Wildman–Crippen MR) is 61.7 cm³/mol. The Kier molecular flexibility index (Phi) is 3.05. The lowest BCUT2D eigenvalue weighted by Gasteiger charge is -2.02. The van der Waals surface area contributed by atoms with Crippen LogP contribution in [0.5, 0.6) is 0 Å². The molecule has 0 unspecified atom stereocenters. The SMILES string of the molecule is Cc1cc(Sc2cccc(F)c2)nc(N)n1. The number of anilines is 1. The standard InChI is InChI=1S/C11H10FN3S/c1-7-5-10(15-11(13)14-7)16-9-4-2-3-8(12)6-9/h2-6H,1H3,(H2,13,14,15). The zero-order chi connectivity index (χ0) is 11.5. The first-order chi connectivity index (χ1) is 7.63. The third kappa shape index (κ3) is 2.70. The van der Waals surface area contributed by atoms with Crippen LogP contribution in [0.3, 0.4) is 0 Å². The molecule has 0 spiro atoms. The Morgan fingerprint density at radius 3 is 2.75 bits per heavy atom. The summed E-state index contributed by atoms with van der Waals surface area (Å²) in [6.07, 6.45) is 0. The van der Waals surface area contributed by atoms with Crippen molar-refractivity contribution < 1.29 is 4.39 Å². The number of rotatable bonds is 2. The maximum Gasteiger partial charge on any atom is 0.221 e. The molecular formula is C11H10FN3S. The Morgan fingerprint density at radius 1 is 1.25 bits per heavy atom. The van der Waals surface area contributed by atoms with Gasteiger partial charge >= 0.3 is 0 Å². The van der Waals surface area contributed by atoms with Gasteiger partial charge in [0.15, 0.2) is 0 Å². The van der Waals surface area contributed by atoms with Crippen molar-refractivity contribution in [2.75, 3.05) is 5.73 Å². The van der Waals surface area contributed by atoms with E-state index >= 15 is 0 Å². The molecule has 1 heterocycles. The molecular weight excluding hydrogens is 225 g/mol. The highest BCUT2D eigenvalue weighted by Crippen LogP contribution is 2.26. The maximum atomic E-state index is 13.0. The van der Waals surface area contributed by atoms with E-state index in [1.807, 2.05) is 19.1 Å². The molecule has 0 fully saturated rings. The van der Waals surface area contributed by atoms with Crippen molar-refractivity contribution in [2.24, 2.45) is 0 Å². The van der Waals surface area contributed by atoms with Gasteiger partial charge in [-0.1, -0.05) is 17.8 Å². The van der Waals surface area contributed by atoms with Gasteiger partial charge in [0.25, 0.3) is 0 Å². The van der Waals surface area contributed by atoms with Crippen LogP contribution in [-0.4, -0.2) is 9.97 Å². The van der Waals surface area contributed by atoms with Crippen molar-refractivity contribution in [3.05, 3.63) is 41.8 Å². The minimum atomic E-state index is -0.260. The van der Waals surface area contributed by atoms with E-state index in [9.17, 15) is 4.39 Å². The summed E-state index contributed by atoms with van der Waals surface area (Å²) in [4.78, 5) is 8.83. The highest BCUT2D eigenvalue weighted by Gasteiger charge is 2.02. The second-order valence-corrected chi connectivity index (χ2v) is 4.36. The van der Waals surface area contributed by atoms with Crippen LogP contribution >= 0.6 is 11.8 Å². The lowest BCUT2D eigenvalue weighted by Crippen LogP contribution is -1.97. The molecule has 0 bridgehead atoms. The van der Waals surface area contributed by atoms with E-state index in [0.717, 1.165) is 15.6 Å². The first-order valence-corrected chi connectivity index (χ1v) is 5.50. The number of aromatic nitrogens is 2. The summed E-state index contributed by atoms with van der Waals surface area (Å²) in [5.41, 5.74) is 6.33. The van der Waals surface area contributed by atoms with Crippen LogP contribution in [-0.2, 0) is 0 Å². The van der Waals surface area contributed by atoms with Crippen LogP contribution in [0.15, 0.2) is 40.3 Å². The molecule has 5 heteroatoms. The molecule has 2 aromatic rings. The minimum absolute atomic E-state index is 0.235. The number of hydrogen-bond donors (Lipinski definition) is 1. The second kappa shape index (κ2) is 4.49. The molecule has 0 aliphatic heterocycles. The van der Waals surface area contributed by atoms with Gasteiger partial charge in [-0.15, -0.1) is 0 Å². The molecule has 1 aromatic carbocycles. The number of halogens is 1. The van der Waals surface area contributed by atoms with Crippen molar-refractivity contribution in [2.45, 2.75) is 16.8 Å². The topological polar surface area (TPSA) is 51.8 Å². The van der Waals surface area contributed by atoms with Crippen LogP contribution < -0.4 is 5.73 Å². The number of nitrogens with two attached hydrogens (primary N) is 1. The summed E-state index contributed by atoms with van der Waals surface area (Å²) >= 11 is 1.36. The van der Waals surface area contributed by atoms with Gasteiger partial charge in [-0.3, -0.25) is 0 Å². The summed E-state index contributed by atoms with van der Waals surface area (Å²) in [6.45, 7) is 1.84. The summed E-state index contributed by atoms with van der Waals surface area (Å²) in [5.74, 6) is -0.0253. The van der Waals surface area contributed by atoms with Crippen LogP contribution in [0, 0.1) is 12.7 Å². The van der Waals surface area contributed by atoms with Gasteiger partial charge in [-0.25, -0.2) is 14.4 Å². The summed E-state index contributed by atoms with van der Waals surface area (Å²) in [7, 11) is 0. The first kappa shape index (κ1) is 10.9. The highest BCUT2D eigenvalue weighted by atomic mass is 32.2. The molecule has 1 aromatic heterocycles. The van der Waals surface area contributed by atoms with Crippen molar-refractivity contribution >= 4 is 17.7 Å². The molecule has 0 amide bonds. The molecule has 2 rings (SSSR count). The quantitative estimate of drug-likeness (QED) is 0.813. The Hall–Kier alpha value is -1.62. The molecule has 0 radical (unpaired) electrons. The molecule has 0 atom stereocenters. The smallest absolute Gasteiger partial charge is 0.221 e. The van der Waals surface area contributed by atoms with Gasteiger partial charge in [0, 0.05) is 10.6 Å². The predicted octanol–water partition coefficient (Wildman–Crippen LogP) is 2.66. The number of aryl methyl sites for hydroxylation is 1. The van der Waals surface area contributed by atoms with E-state index in [2.05, 4.69) is 9.97 Å². The van der Waals surface area contributed by atoms with E-state index in [1.165, 1.54) is 23.9 Å². The average molecular weight is 235 g/mol. The van der Waals surface area contributed by atoms with Crippen molar-refractivity contribution in [3.63, 3.8) is 0 Å². The fourth-order valence-corrected chi connectivity index (χ4v) is 2.19. The summed E-state index contributed by atoms with van der Waals surface area (Å²) < 4.78 is 13.0. The molecule has 16 heavy (non-hydrogen) atoms. The molecule has 0 saturated heterocycles. The number of hydrogen-bond acceptors (Lipinski definition) is 4. The normalized spacial score (nSPS) is 10.4. The Bertz CT molecular complexity index is 496. The third-order valence-electron chi connectivity index (χ3n) is 1.87. The molecule has 0 aliphatic carbocycles. The summed E-state index contributed by atoms with van der Waals surface area (Å²) in [5, 5.41) is 0.718.